The number of hydrogen-bond acceptors (Lipinski definition) is 4. The highest BCUT2D eigenvalue weighted by atomic mass is 35.5. The molecule has 1 rings (SSSR count). The average Bonchev–Trinajstić information content (AvgIpc) is 2.02. The molecule has 0 aliphatic carbocycles. The molecule has 7 heteroatoms. The molecule has 0 aliphatic heterocycles. The van der Waals surface area contributed by atoms with Gasteiger partial charge in [0.05, 0.1) is 10.9 Å². The van der Waals surface area contributed by atoms with Gasteiger partial charge in [-0.2, -0.15) is 4.39 Å². The second kappa shape index (κ2) is 3.59. The van der Waals surface area contributed by atoms with Crippen molar-refractivity contribution in [2.24, 2.45) is 0 Å². The first-order chi connectivity index (χ1) is 6.45. The number of hydrogen-bond donors (Lipinski definition) is 0. The van der Waals surface area contributed by atoms with E-state index in [0.717, 1.165) is 6.07 Å². The van der Waals surface area contributed by atoms with Gasteiger partial charge >= 0.3 is 5.69 Å². The zero-order valence-electron chi connectivity index (χ0n) is 6.49. The van der Waals surface area contributed by atoms with Crippen molar-refractivity contribution in [1.29, 1.82) is 0 Å². The van der Waals surface area contributed by atoms with Crippen LogP contribution in [0.1, 0.15) is 10.4 Å². The van der Waals surface area contributed by atoms with E-state index in [4.69, 9.17) is 11.6 Å². The zero-order valence-corrected chi connectivity index (χ0v) is 7.25. The first-order valence-electron chi connectivity index (χ1n) is 3.29. The van der Waals surface area contributed by atoms with Gasteiger partial charge in [0.25, 0.3) is 0 Å². The summed E-state index contributed by atoms with van der Waals surface area (Å²) in [5.74, 6) is -2.89. The van der Waals surface area contributed by atoms with Crippen LogP contribution in [-0.4, -0.2) is 10.9 Å². The highest BCUT2D eigenvalue weighted by Gasteiger charge is 2.22. The fourth-order valence-electron chi connectivity index (χ4n) is 0.866. The van der Waals surface area contributed by atoms with Crippen molar-refractivity contribution < 1.29 is 19.2 Å². The van der Waals surface area contributed by atoms with Gasteiger partial charge in [0, 0.05) is 5.56 Å². The molecule has 0 heterocycles. The van der Waals surface area contributed by atoms with Crippen molar-refractivity contribution in [3.8, 4) is 0 Å². The molecule has 0 fully saturated rings. The fraction of sp³-hybridized carbons (Fsp3) is 0. The molecule has 0 atom stereocenters. The van der Waals surface area contributed by atoms with E-state index in [9.17, 15) is 24.4 Å². The van der Waals surface area contributed by atoms with Crippen LogP contribution in [0.5, 0.6) is 0 Å². The molecule has 1 aromatic carbocycles. The Morgan fingerprint density at radius 3 is 2.50 bits per heavy atom. The van der Waals surface area contributed by atoms with Gasteiger partial charge in [-0.05, 0) is 12.1 Å². The van der Waals surface area contributed by atoms with Gasteiger partial charge in [0.2, 0.25) is 5.82 Å². The SMILES string of the molecule is O=C([O-])c1ccc(F)c([N+](=O)[O-])c1Cl. The summed E-state index contributed by atoms with van der Waals surface area (Å²) in [5.41, 5.74) is -1.67. The topological polar surface area (TPSA) is 83.3 Å². The van der Waals surface area contributed by atoms with Crippen LogP contribution in [-0.2, 0) is 0 Å². The van der Waals surface area contributed by atoms with E-state index in [1.165, 1.54) is 0 Å². The smallest absolute Gasteiger partial charge is 0.323 e. The molecule has 74 valence electrons. The zero-order chi connectivity index (χ0) is 10.9. The van der Waals surface area contributed by atoms with Crippen molar-refractivity contribution in [2.45, 2.75) is 0 Å². The van der Waals surface area contributed by atoms with E-state index in [0.29, 0.717) is 6.07 Å². The molecule has 0 radical (unpaired) electrons. The number of carboxylic acids is 1. The van der Waals surface area contributed by atoms with Crippen LogP contribution in [0.15, 0.2) is 12.1 Å². The fourth-order valence-corrected chi connectivity index (χ4v) is 1.17. The highest BCUT2D eigenvalue weighted by molar-refractivity contribution is 6.35. The normalized spacial score (nSPS) is 9.86. The van der Waals surface area contributed by atoms with Gasteiger partial charge in [-0.15, -0.1) is 0 Å². The van der Waals surface area contributed by atoms with Gasteiger partial charge in [0.15, 0.2) is 0 Å². The Morgan fingerprint density at radius 1 is 1.50 bits per heavy atom. The van der Waals surface area contributed by atoms with E-state index in [1.54, 1.807) is 0 Å². The van der Waals surface area contributed by atoms with E-state index >= 15 is 0 Å². The number of carbonyl (C=O) groups is 1. The lowest BCUT2D eigenvalue weighted by atomic mass is 10.2. The molecule has 14 heavy (non-hydrogen) atoms. The molecule has 0 N–H and O–H groups in total. The molecule has 0 saturated carbocycles. The minimum Gasteiger partial charge on any atom is -0.545 e. The van der Waals surface area contributed by atoms with Crippen molar-refractivity contribution in [2.75, 3.05) is 0 Å². The van der Waals surface area contributed by atoms with E-state index in [2.05, 4.69) is 0 Å². The molecular formula is C7H2ClFNO4-. The van der Waals surface area contributed by atoms with Crippen molar-refractivity contribution >= 4 is 23.3 Å². The molecular weight excluding hydrogens is 217 g/mol. The quantitative estimate of drug-likeness (QED) is 0.542. The van der Waals surface area contributed by atoms with E-state index in [1.807, 2.05) is 0 Å². The summed E-state index contributed by atoms with van der Waals surface area (Å²) in [4.78, 5) is 19.6. The molecule has 0 bridgehead atoms. The van der Waals surface area contributed by atoms with Crippen LogP contribution in [0.25, 0.3) is 0 Å². The maximum Gasteiger partial charge on any atom is 0.323 e. The lowest BCUT2D eigenvalue weighted by Crippen LogP contribution is -2.23. The number of carboxylic acid groups (broad SMARTS) is 1. The molecule has 0 spiro atoms. The van der Waals surface area contributed by atoms with Crippen molar-refractivity contribution in [1.82, 2.24) is 0 Å². The van der Waals surface area contributed by atoms with E-state index in [-0.39, 0.29) is 0 Å². The summed E-state index contributed by atoms with van der Waals surface area (Å²) < 4.78 is 12.8. The summed E-state index contributed by atoms with van der Waals surface area (Å²) in [6.45, 7) is 0. The molecule has 0 aromatic heterocycles. The van der Waals surface area contributed by atoms with Crippen LogP contribution < -0.4 is 5.11 Å². The number of halogens is 2. The third kappa shape index (κ3) is 1.64. The predicted octanol–water partition coefficient (Wildman–Crippen LogP) is 0.751. The Balaban J connectivity index is 3.49. The molecule has 1 aromatic rings. The van der Waals surface area contributed by atoms with Crippen LogP contribution in [0.3, 0.4) is 0 Å². The third-order valence-electron chi connectivity index (χ3n) is 1.47. The highest BCUT2D eigenvalue weighted by Crippen LogP contribution is 2.30. The van der Waals surface area contributed by atoms with Gasteiger partial charge in [-0.1, -0.05) is 11.6 Å². The Morgan fingerprint density at radius 2 is 2.07 bits per heavy atom. The number of benzene rings is 1. The average molecular weight is 219 g/mol. The van der Waals surface area contributed by atoms with Crippen LogP contribution >= 0.6 is 11.6 Å². The number of nitro benzene ring substituents is 1. The number of aromatic carboxylic acids is 1. The Kier molecular flexibility index (Phi) is 2.66. The van der Waals surface area contributed by atoms with Crippen molar-refractivity contribution in [3.63, 3.8) is 0 Å². The summed E-state index contributed by atoms with van der Waals surface area (Å²) >= 11 is 5.30. The lowest BCUT2D eigenvalue weighted by molar-refractivity contribution is -0.387. The van der Waals surface area contributed by atoms with Crippen LogP contribution in [0.2, 0.25) is 5.02 Å². The Labute approximate surface area is 81.9 Å². The second-order valence-electron chi connectivity index (χ2n) is 2.30. The summed E-state index contributed by atoms with van der Waals surface area (Å²) in [6, 6.07) is 1.45. The monoisotopic (exact) mass is 218 g/mol. The first-order valence-corrected chi connectivity index (χ1v) is 3.66. The minimum absolute atomic E-state index is 0.611. The van der Waals surface area contributed by atoms with E-state index < -0.39 is 33.0 Å². The summed E-state index contributed by atoms with van der Waals surface area (Å²) in [6.07, 6.45) is 0. The molecule has 0 unspecified atom stereocenters. The Bertz CT molecular complexity index is 420. The summed E-state index contributed by atoms with van der Waals surface area (Å²) in [7, 11) is 0. The molecule has 0 amide bonds. The maximum absolute atomic E-state index is 12.8. The third-order valence-corrected chi connectivity index (χ3v) is 1.85. The number of nitrogens with zero attached hydrogens (tertiary/aromatic N) is 1. The minimum atomic E-state index is -1.70. The number of rotatable bonds is 2. The molecule has 0 saturated heterocycles. The number of carbonyl (C=O) groups excluding carboxylic acids is 1. The molecule has 5 nitrogen and oxygen atoms in total. The largest absolute Gasteiger partial charge is 0.545 e. The van der Waals surface area contributed by atoms with Crippen LogP contribution in [0, 0.1) is 15.9 Å². The number of nitro groups is 1. The lowest BCUT2D eigenvalue weighted by Gasteiger charge is -2.05. The summed E-state index contributed by atoms with van der Waals surface area (Å²) in [5, 5.41) is 19.9. The van der Waals surface area contributed by atoms with Crippen molar-refractivity contribution in [3.05, 3.63) is 38.7 Å². The van der Waals surface area contributed by atoms with Gasteiger partial charge in [-0.3, -0.25) is 10.1 Å². The van der Waals surface area contributed by atoms with Crippen LogP contribution in [0.4, 0.5) is 10.1 Å². The van der Waals surface area contributed by atoms with Gasteiger partial charge in [-0.25, -0.2) is 0 Å². The van der Waals surface area contributed by atoms with Gasteiger partial charge in [0.1, 0.15) is 5.02 Å². The first kappa shape index (κ1) is 10.4. The molecule has 0 aliphatic rings. The van der Waals surface area contributed by atoms with Gasteiger partial charge < -0.3 is 9.90 Å². The predicted molar refractivity (Wildman–Crippen MR) is 42.4 cm³/mol. The maximum atomic E-state index is 12.8. The standard InChI is InChI=1S/C7H3ClFNO4/c8-5-3(7(11)12)1-2-4(9)6(5)10(13)14/h1-2H,(H,11,12)/p-1. The second-order valence-corrected chi connectivity index (χ2v) is 2.68. The Hall–Kier alpha value is -1.69.